The van der Waals surface area contributed by atoms with Crippen molar-refractivity contribution in [3.05, 3.63) is 29.3 Å². The molecule has 0 aliphatic carbocycles. The first-order chi connectivity index (χ1) is 6.99. The molecule has 1 aromatic rings. The third-order valence-electron chi connectivity index (χ3n) is 2.41. The van der Waals surface area contributed by atoms with Crippen LogP contribution in [0.1, 0.15) is 15.9 Å². The van der Waals surface area contributed by atoms with E-state index in [0.29, 0.717) is 12.0 Å². The average Bonchev–Trinajstić information content (AvgIpc) is 2.15. The number of carbonyl (C=O) groups excluding carboxylic acids is 1. The summed E-state index contributed by atoms with van der Waals surface area (Å²) >= 11 is 0. The standard InChI is InChI=1S/C9H10BO5.2Na/c11-9(12)7-3-1-2-6-4-5-10(13,14)15-8(6)7;;/h1-3,13-14H,4-5H2,(H,11,12);;/q-1;2*+1/p-1. The Balaban J connectivity index is 0.00000128. The second-order valence-electron chi connectivity index (χ2n) is 3.60. The van der Waals surface area contributed by atoms with Gasteiger partial charge in [0.25, 0.3) is 0 Å². The number of aromatic carboxylic acids is 1. The summed E-state index contributed by atoms with van der Waals surface area (Å²) in [6.07, 6.45) is 0.451. The average molecular weight is 254 g/mol. The number of carbonyl (C=O) groups is 1. The monoisotopic (exact) mass is 254 g/mol. The first-order valence-corrected chi connectivity index (χ1v) is 4.62. The first kappa shape index (κ1) is 17.5. The molecule has 0 spiro atoms. The Hall–Kier alpha value is 0.475. The largest absolute Gasteiger partial charge is 1.00 e. The number of carboxylic acid groups (broad SMARTS) is 1. The summed E-state index contributed by atoms with van der Waals surface area (Å²) in [6.45, 7) is -2.93. The number of hydrogen-bond acceptors (Lipinski definition) is 5. The van der Waals surface area contributed by atoms with Gasteiger partial charge in [-0.05, 0) is 18.1 Å². The number of rotatable bonds is 1. The van der Waals surface area contributed by atoms with Crippen LogP contribution >= 0.6 is 0 Å². The van der Waals surface area contributed by atoms with Crippen LogP contribution in [-0.4, -0.2) is 22.8 Å². The number of carboxylic acids is 1. The number of para-hydroxylation sites is 1. The van der Waals surface area contributed by atoms with Gasteiger partial charge in [0.05, 0.1) is 11.7 Å². The predicted molar refractivity (Wildman–Crippen MR) is 50.1 cm³/mol. The summed E-state index contributed by atoms with van der Waals surface area (Å²) in [4.78, 5) is 10.7. The molecule has 0 saturated carbocycles. The summed E-state index contributed by atoms with van der Waals surface area (Å²) in [5.41, 5.74) is 0.499. The molecule has 8 heteroatoms. The van der Waals surface area contributed by atoms with Crippen molar-refractivity contribution < 1.29 is 83.7 Å². The number of benzene rings is 1. The molecule has 0 saturated heterocycles. The van der Waals surface area contributed by atoms with Gasteiger partial charge in [0, 0.05) is 5.56 Å². The number of aryl methyl sites for hydroxylation is 1. The zero-order chi connectivity index (χ0) is 11.1. The number of hydrogen-bond donors (Lipinski definition) is 2. The van der Waals surface area contributed by atoms with E-state index in [1.165, 1.54) is 6.07 Å². The molecule has 17 heavy (non-hydrogen) atoms. The molecule has 1 aliphatic rings. The SMILES string of the molecule is O=C([O-])c1cccc2c1O[B-](O)(O)CC2.[Na+].[Na+]. The Labute approximate surface area is 143 Å². The Bertz CT molecular complexity index is 424. The van der Waals surface area contributed by atoms with E-state index < -0.39 is 12.7 Å². The predicted octanol–water partition coefficient (Wildman–Crippen LogP) is -7.08. The molecule has 0 aromatic heterocycles. The smallest absolute Gasteiger partial charge is 0.669 e. The molecule has 1 aromatic carbocycles. The zero-order valence-corrected chi connectivity index (χ0v) is 13.8. The van der Waals surface area contributed by atoms with Gasteiger partial charge in [0.15, 0.2) is 0 Å². The van der Waals surface area contributed by atoms with Crippen LogP contribution in [0.2, 0.25) is 6.32 Å². The van der Waals surface area contributed by atoms with Gasteiger partial charge in [-0.3, -0.25) is 0 Å². The van der Waals surface area contributed by atoms with Crippen LogP contribution in [0.5, 0.6) is 5.75 Å². The molecule has 0 bridgehead atoms. The van der Waals surface area contributed by atoms with E-state index in [4.69, 9.17) is 4.65 Å². The fourth-order valence-electron chi connectivity index (χ4n) is 1.67. The Morgan fingerprint density at radius 1 is 1.35 bits per heavy atom. The van der Waals surface area contributed by atoms with E-state index in [0.717, 1.165) is 0 Å². The molecule has 0 fully saturated rings. The summed E-state index contributed by atoms with van der Waals surface area (Å²) in [5, 5.41) is 29.4. The third kappa shape index (κ3) is 3.97. The summed E-state index contributed by atoms with van der Waals surface area (Å²) in [7, 11) is 0. The second-order valence-corrected chi connectivity index (χ2v) is 3.60. The zero-order valence-electron chi connectivity index (χ0n) is 9.84. The van der Waals surface area contributed by atoms with Gasteiger partial charge in [-0.1, -0.05) is 18.5 Å². The van der Waals surface area contributed by atoms with Crippen LogP contribution in [0.3, 0.4) is 0 Å². The van der Waals surface area contributed by atoms with Crippen LogP contribution < -0.4 is 68.9 Å². The van der Waals surface area contributed by atoms with E-state index >= 15 is 0 Å². The Morgan fingerprint density at radius 3 is 2.59 bits per heavy atom. The minimum absolute atomic E-state index is 0. The molecular formula is C9H9BNa2O5. The molecule has 0 amide bonds. The quantitative estimate of drug-likeness (QED) is 0.486. The summed E-state index contributed by atoms with van der Waals surface area (Å²) < 4.78 is 4.86. The van der Waals surface area contributed by atoms with Gasteiger partial charge < -0.3 is 24.6 Å². The maximum absolute atomic E-state index is 10.7. The minimum atomic E-state index is -2.93. The topological polar surface area (TPSA) is 89.8 Å². The molecule has 1 heterocycles. The van der Waals surface area contributed by atoms with Gasteiger partial charge in [-0.25, -0.2) is 0 Å². The van der Waals surface area contributed by atoms with E-state index in [2.05, 4.69) is 0 Å². The van der Waals surface area contributed by atoms with Gasteiger partial charge >= 0.3 is 65.9 Å². The molecule has 0 unspecified atom stereocenters. The van der Waals surface area contributed by atoms with Crippen molar-refractivity contribution in [2.24, 2.45) is 0 Å². The van der Waals surface area contributed by atoms with E-state index in [9.17, 15) is 19.9 Å². The van der Waals surface area contributed by atoms with Crippen LogP contribution in [0, 0.1) is 0 Å². The van der Waals surface area contributed by atoms with Crippen molar-refractivity contribution in [2.45, 2.75) is 12.7 Å². The van der Waals surface area contributed by atoms with Crippen molar-refractivity contribution in [3.8, 4) is 5.75 Å². The minimum Gasteiger partial charge on any atom is -0.669 e. The maximum Gasteiger partial charge on any atom is 1.00 e. The first-order valence-electron chi connectivity index (χ1n) is 4.62. The fourth-order valence-corrected chi connectivity index (χ4v) is 1.67. The van der Waals surface area contributed by atoms with Crippen molar-refractivity contribution in [2.75, 3.05) is 0 Å². The van der Waals surface area contributed by atoms with Gasteiger partial charge in [0.1, 0.15) is 0 Å². The van der Waals surface area contributed by atoms with Crippen molar-refractivity contribution in [1.29, 1.82) is 0 Å². The summed E-state index contributed by atoms with van der Waals surface area (Å²) in [5.74, 6) is -1.38. The van der Waals surface area contributed by atoms with Gasteiger partial charge in [-0.15, -0.1) is 0 Å². The van der Waals surface area contributed by atoms with E-state index in [1.807, 2.05) is 0 Å². The van der Waals surface area contributed by atoms with Crippen molar-refractivity contribution >= 4 is 12.7 Å². The Morgan fingerprint density at radius 2 is 2.00 bits per heavy atom. The van der Waals surface area contributed by atoms with Crippen LogP contribution in [0.4, 0.5) is 0 Å². The molecule has 2 rings (SSSR count). The van der Waals surface area contributed by atoms with Gasteiger partial charge in [0.2, 0.25) is 0 Å². The molecule has 2 N–H and O–H groups in total. The molecule has 1 aliphatic heterocycles. The normalized spacial score (nSPS) is 15.6. The van der Waals surface area contributed by atoms with Gasteiger partial charge in [-0.2, -0.15) is 0 Å². The molecule has 0 radical (unpaired) electrons. The van der Waals surface area contributed by atoms with Crippen LogP contribution in [0.15, 0.2) is 18.2 Å². The van der Waals surface area contributed by atoms with E-state index in [1.54, 1.807) is 12.1 Å². The fraction of sp³-hybridized carbons (Fsp3) is 0.222. The maximum atomic E-state index is 10.7. The van der Waals surface area contributed by atoms with E-state index in [-0.39, 0.29) is 76.7 Å². The molecule has 5 nitrogen and oxygen atoms in total. The van der Waals surface area contributed by atoms with Crippen molar-refractivity contribution in [1.82, 2.24) is 0 Å². The molecule has 0 atom stereocenters. The van der Waals surface area contributed by atoms with Crippen LogP contribution in [-0.2, 0) is 6.42 Å². The second kappa shape index (κ2) is 6.59. The Kier molecular flexibility index (Phi) is 6.77. The summed E-state index contributed by atoms with van der Waals surface area (Å²) in [6, 6.07) is 4.57. The van der Waals surface area contributed by atoms with Crippen molar-refractivity contribution in [3.63, 3.8) is 0 Å². The molecular weight excluding hydrogens is 245 g/mol. The number of fused-ring (bicyclic) bond motifs is 1. The van der Waals surface area contributed by atoms with Crippen LogP contribution in [0.25, 0.3) is 0 Å². The third-order valence-corrected chi connectivity index (χ3v) is 2.41. The molecule has 80 valence electrons.